The Morgan fingerprint density at radius 3 is 2.32 bits per heavy atom. The summed E-state index contributed by atoms with van der Waals surface area (Å²) >= 11 is 0. The molecule has 0 bridgehead atoms. The van der Waals surface area contributed by atoms with Gasteiger partial charge in [0.05, 0.1) is 20.8 Å². The molecule has 0 aliphatic heterocycles. The maximum atomic E-state index is 12.0. The molecule has 0 spiro atoms. The van der Waals surface area contributed by atoms with E-state index >= 15 is 0 Å². The summed E-state index contributed by atoms with van der Waals surface area (Å²) in [4.78, 5) is 23.9. The van der Waals surface area contributed by atoms with E-state index in [4.69, 9.17) is 9.47 Å². The Balaban J connectivity index is 1.90. The first-order chi connectivity index (χ1) is 12.1. The lowest BCUT2D eigenvalue weighted by Gasteiger charge is -2.15. The standard InChI is InChI=1S/C19H22N2O4/c1-13-16(24-2)10-9-15(18(13)25-3)11-20-17(22)12-21-19(23)14-7-5-4-6-8-14/h4-10H,11-12H2,1-3H3,(H,20,22)(H,21,23). The van der Waals surface area contributed by atoms with Gasteiger partial charge in [0.2, 0.25) is 5.91 Å². The fourth-order valence-electron chi connectivity index (χ4n) is 2.48. The summed E-state index contributed by atoms with van der Waals surface area (Å²) < 4.78 is 10.7. The molecule has 0 saturated heterocycles. The number of benzene rings is 2. The summed E-state index contributed by atoms with van der Waals surface area (Å²) in [6.07, 6.45) is 0. The van der Waals surface area contributed by atoms with Gasteiger partial charge in [0, 0.05) is 23.2 Å². The number of nitrogens with one attached hydrogen (secondary N) is 2. The first kappa shape index (κ1) is 18.3. The number of hydrogen-bond acceptors (Lipinski definition) is 4. The molecule has 2 aromatic carbocycles. The number of rotatable bonds is 7. The smallest absolute Gasteiger partial charge is 0.251 e. The first-order valence-electron chi connectivity index (χ1n) is 7.87. The van der Waals surface area contributed by atoms with Crippen LogP contribution in [0.3, 0.4) is 0 Å². The third-order valence-electron chi connectivity index (χ3n) is 3.78. The Morgan fingerprint density at radius 2 is 1.68 bits per heavy atom. The van der Waals surface area contributed by atoms with Gasteiger partial charge in [-0.25, -0.2) is 0 Å². The lowest BCUT2D eigenvalue weighted by Crippen LogP contribution is -2.36. The van der Waals surface area contributed by atoms with Crippen LogP contribution in [-0.2, 0) is 11.3 Å². The van der Waals surface area contributed by atoms with Crippen molar-refractivity contribution < 1.29 is 19.1 Å². The topological polar surface area (TPSA) is 76.7 Å². The van der Waals surface area contributed by atoms with E-state index in [0.29, 0.717) is 17.9 Å². The van der Waals surface area contributed by atoms with E-state index in [0.717, 1.165) is 16.9 Å². The average Bonchev–Trinajstić information content (AvgIpc) is 2.65. The molecule has 6 heteroatoms. The third kappa shape index (κ3) is 4.73. The molecular formula is C19H22N2O4. The Hall–Kier alpha value is -3.02. The van der Waals surface area contributed by atoms with E-state index in [1.54, 1.807) is 38.5 Å². The minimum absolute atomic E-state index is 0.0921. The van der Waals surface area contributed by atoms with Crippen molar-refractivity contribution in [3.8, 4) is 11.5 Å². The van der Waals surface area contributed by atoms with Gasteiger partial charge in [0.1, 0.15) is 11.5 Å². The van der Waals surface area contributed by atoms with Gasteiger partial charge < -0.3 is 20.1 Å². The van der Waals surface area contributed by atoms with Gasteiger partial charge in [-0.2, -0.15) is 0 Å². The van der Waals surface area contributed by atoms with E-state index in [1.807, 2.05) is 25.1 Å². The number of hydrogen-bond donors (Lipinski definition) is 2. The van der Waals surface area contributed by atoms with Crippen LogP contribution in [0.2, 0.25) is 0 Å². The largest absolute Gasteiger partial charge is 0.496 e. The molecule has 2 amide bonds. The second-order valence-electron chi connectivity index (χ2n) is 5.41. The monoisotopic (exact) mass is 342 g/mol. The second-order valence-corrected chi connectivity index (χ2v) is 5.41. The predicted molar refractivity (Wildman–Crippen MR) is 94.9 cm³/mol. The maximum Gasteiger partial charge on any atom is 0.251 e. The summed E-state index contributed by atoms with van der Waals surface area (Å²) in [5.74, 6) is 0.837. The van der Waals surface area contributed by atoms with Gasteiger partial charge in [-0.3, -0.25) is 9.59 Å². The van der Waals surface area contributed by atoms with E-state index in [2.05, 4.69) is 10.6 Å². The highest BCUT2D eigenvalue weighted by molar-refractivity contribution is 5.96. The summed E-state index contributed by atoms with van der Waals surface area (Å²) in [7, 11) is 3.17. The molecule has 0 aromatic heterocycles. The molecule has 0 radical (unpaired) electrons. The van der Waals surface area contributed by atoms with E-state index in [-0.39, 0.29) is 18.4 Å². The zero-order chi connectivity index (χ0) is 18.2. The highest BCUT2D eigenvalue weighted by Crippen LogP contribution is 2.31. The zero-order valence-corrected chi connectivity index (χ0v) is 14.6. The second kappa shape index (κ2) is 8.73. The Labute approximate surface area is 147 Å². The van der Waals surface area contributed by atoms with E-state index < -0.39 is 0 Å². The number of methoxy groups -OCH3 is 2. The molecule has 0 heterocycles. The lowest BCUT2D eigenvalue weighted by molar-refractivity contribution is -0.120. The van der Waals surface area contributed by atoms with E-state index in [1.165, 1.54) is 0 Å². The third-order valence-corrected chi connectivity index (χ3v) is 3.78. The molecular weight excluding hydrogens is 320 g/mol. The maximum absolute atomic E-state index is 12.0. The van der Waals surface area contributed by atoms with Crippen molar-refractivity contribution in [3.63, 3.8) is 0 Å². The quantitative estimate of drug-likeness (QED) is 0.807. The normalized spacial score (nSPS) is 10.0. The molecule has 0 aliphatic rings. The summed E-state index contributed by atoms with van der Waals surface area (Å²) in [6.45, 7) is 2.10. The van der Waals surface area contributed by atoms with Gasteiger partial charge in [-0.15, -0.1) is 0 Å². The Morgan fingerprint density at radius 1 is 0.960 bits per heavy atom. The molecule has 0 aliphatic carbocycles. The van der Waals surface area contributed by atoms with Crippen LogP contribution < -0.4 is 20.1 Å². The molecule has 2 rings (SSSR count). The SMILES string of the molecule is COc1ccc(CNC(=O)CNC(=O)c2ccccc2)c(OC)c1C. The van der Waals surface area contributed by atoms with Crippen LogP contribution in [0.1, 0.15) is 21.5 Å². The van der Waals surface area contributed by atoms with Crippen molar-refractivity contribution in [1.82, 2.24) is 10.6 Å². The highest BCUT2D eigenvalue weighted by atomic mass is 16.5. The van der Waals surface area contributed by atoms with Crippen LogP contribution in [0.15, 0.2) is 42.5 Å². The fraction of sp³-hybridized carbons (Fsp3) is 0.263. The van der Waals surface area contributed by atoms with Crippen molar-refractivity contribution >= 4 is 11.8 Å². The molecule has 2 N–H and O–H groups in total. The van der Waals surface area contributed by atoms with Crippen LogP contribution in [0.5, 0.6) is 11.5 Å². The highest BCUT2D eigenvalue weighted by Gasteiger charge is 2.12. The first-order valence-corrected chi connectivity index (χ1v) is 7.87. The van der Waals surface area contributed by atoms with Gasteiger partial charge in [-0.1, -0.05) is 18.2 Å². The van der Waals surface area contributed by atoms with Crippen LogP contribution >= 0.6 is 0 Å². The van der Waals surface area contributed by atoms with Crippen LogP contribution in [0.4, 0.5) is 0 Å². The number of ether oxygens (including phenoxy) is 2. The number of amides is 2. The van der Waals surface area contributed by atoms with Crippen LogP contribution in [0, 0.1) is 6.92 Å². The fourth-order valence-corrected chi connectivity index (χ4v) is 2.48. The van der Waals surface area contributed by atoms with Gasteiger partial charge >= 0.3 is 0 Å². The molecule has 132 valence electrons. The zero-order valence-electron chi connectivity index (χ0n) is 14.6. The molecule has 0 unspecified atom stereocenters. The molecule has 0 saturated carbocycles. The van der Waals surface area contributed by atoms with Crippen molar-refractivity contribution in [1.29, 1.82) is 0 Å². The molecule has 6 nitrogen and oxygen atoms in total. The molecule has 2 aromatic rings. The van der Waals surface area contributed by atoms with Crippen molar-refractivity contribution in [2.45, 2.75) is 13.5 Å². The number of carbonyl (C=O) groups excluding carboxylic acids is 2. The van der Waals surface area contributed by atoms with Gasteiger partial charge in [-0.05, 0) is 31.2 Å². The predicted octanol–water partition coefficient (Wildman–Crippen LogP) is 2.06. The van der Waals surface area contributed by atoms with Crippen LogP contribution in [0.25, 0.3) is 0 Å². The Bertz CT molecular complexity index is 745. The van der Waals surface area contributed by atoms with E-state index in [9.17, 15) is 9.59 Å². The molecule has 0 fully saturated rings. The lowest BCUT2D eigenvalue weighted by atomic mass is 10.1. The molecule has 0 atom stereocenters. The average molecular weight is 342 g/mol. The van der Waals surface area contributed by atoms with Crippen molar-refractivity contribution in [3.05, 3.63) is 59.2 Å². The minimum atomic E-state index is -0.284. The summed E-state index contributed by atoms with van der Waals surface area (Å²) in [5.41, 5.74) is 2.22. The van der Waals surface area contributed by atoms with Gasteiger partial charge in [0.25, 0.3) is 5.91 Å². The summed E-state index contributed by atoms with van der Waals surface area (Å²) in [5, 5.41) is 5.36. The van der Waals surface area contributed by atoms with Crippen molar-refractivity contribution in [2.75, 3.05) is 20.8 Å². The minimum Gasteiger partial charge on any atom is -0.496 e. The summed E-state index contributed by atoms with van der Waals surface area (Å²) in [6, 6.07) is 12.4. The molecule has 25 heavy (non-hydrogen) atoms. The van der Waals surface area contributed by atoms with Crippen LogP contribution in [-0.4, -0.2) is 32.6 Å². The van der Waals surface area contributed by atoms with Gasteiger partial charge in [0.15, 0.2) is 0 Å². The van der Waals surface area contributed by atoms with Crippen molar-refractivity contribution in [2.24, 2.45) is 0 Å². The number of carbonyl (C=O) groups is 2. The Kier molecular flexibility index (Phi) is 6.39.